The molecule has 4 aromatic rings. The second kappa shape index (κ2) is 13.0. The number of benzene rings is 2. The molecular weight excluding hydrogens is 562 g/mol. The van der Waals surface area contributed by atoms with Gasteiger partial charge >= 0.3 is 0 Å². The molecule has 2 aromatic carbocycles. The van der Waals surface area contributed by atoms with Gasteiger partial charge in [-0.05, 0) is 68.7 Å². The van der Waals surface area contributed by atoms with Crippen molar-refractivity contribution in [3.8, 4) is 17.0 Å². The van der Waals surface area contributed by atoms with Crippen molar-refractivity contribution in [2.75, 3.05) is 24.7 Å². The van der Waals surface area contributed by atoms with E-state index in [1.807, 2.05) is 41.1 Å². The normalized spacial score (nSPS) is 22.5. The van der Waals surface area contributed by atoms with Gasteiger partial charge in [0.05, 0.1) is 29.8 Å². The summed E-state index contributed by atoms with van der Waals surface area (Å²) in [4.78, 5) is 30.8. The summed E-state index contributed by atoms with van der Waals surface area (Å²) < 4.78 is 7.60. The molecule has 7 N–H and O–H groups in total. The lowest BCUT2D eigenvalue weighted by Crippen LogP contribution is -2.36. The number of aromatic nitrogens is 4. The number of nitrogen functional groups attached to an aromatic ring is 1. The van der Waals surface area contributed by atoms with Gasteiger partial charge in [0.25, 0.3) is 5.97 Å². The number of methoxy groups -OCH3 is 1. The zero-order chi connectivity index (χ0) is 31.4. The van der Waals surface area contributed by atoms with E-state index >= 15 is 0 Å². The van der Waals surface area contributed by atoms with Gasteiger partial charge in [0.2, 0.25) is 5.91 Å². The van der Waals surface area contributed by atoms with Gasteiger partial charge in [-0.25, -0.2) is 14.6 Å². The van der Waals surface area contributed by atoms with E-state index in [1.165, 1.54) is 11.9 Å². The van der Waals surface area contributed by atoms with Crippen molar-refractivity contribution < 1.29 is 24.5 Å². The standard InChI is InChI=1S/C30H35N7O3.C2H4O2/c1-40-24-15-19(7-8-23(24)35-29(38)22-16-21(22)18-5-3-2-4-6-18)26-25-27(32)33-17-34-28(25)37(36-26)20-9-11-30(39,12-10-20)13-14-31;1-2(3)4/h2-8,15,17,20-22,39H,9-14,16,31H2,1H3,(H,35,38)(H2,32,33,34);1H3,(H,3,4)/t20?,21-,22+,30?;/m0./s1. The number of carboxylic acid groups (broad SMARTS) is 1. The average Bonchev–Trinajstić information content (AvgIpc) is 3.72. The van der Waals surface area contributed by atoms with Gasteiger partial charge in [0.1, 0.15) is 23.6 Å². The molecular formula is C32H39N7O5. The molecule has 1 amide bonds. The van der Waals surface area contributed by atoms with E-state index in [9.17, 15) is 9.90 Å². The smallest absolute Gasteiger partial charge is 0.300 e. The highest BCUT2D eigenvalue weighted by molar-refractivity contribution is 6.00. The van der Waals surface area contributed by atoms with Crippen LogP contribution in [0.25, 0.3) is 22.3 Å². The summed E-state index contributed by atoms with van der Waals surface area (Å²) in [5.41, 5.74) is 15.2. The molecule has 12 nitrogen and oxygen atoms in total. The SMILES string of the molecule is CC(=O)O.COc1cc(-c2nn(C3CCC(O)(CCN)CC3)c3ncnc(N)c23)ccc1NC(=O)[C@@H]1C[C@H]1c1ccccc1. The van der Waals surface area contributed by atoms with Gasteiger partial charge in [0.15, 0.2) is 5.65 Å². The van der Waals surface area contributed by atoms with Gasteiger partial charge in [-0.2, -0.15) is 5.10 Å². The van der Waals surface area contributed by atoms with E-state index in [1.54, 1.807) is 7.11 Å². The fourth-order valence-corrected chi connectivity index (χ4v) is 6.08. The van der Waals surface area contributed by atoms with Crippen LogP contribution < -0.4 is 21.5 Å². The number of rotatable bonds is 8. The summed E-state index contributed by atoms with van der Waals surface area (Å²) in [5, 5.41) is 26.9. The Kier molecular flexibility index (Phi) is 9.12. The van der Waals surface area contributed by atoms with Crippen LogP contribution in [0.2, 0.25) is 0 Å². The van der Waals surface area contributed by atoms with Gasteiger partial charge in [-0.15, -0.1) is 0 Å². The van der Waals surface area contributed by atoms with E-state index in [0.29, 0.717) is 59.8 Å². The van der Waals surface area contributed by atoms with Crippen LogP contribution in [0.4, 0.5) is 11.5 Å². The molecule has 0 spiro atoms. The Morgan fingerprint density at radius 3 is 2.50 bits per heavy atom. The first-order chi connectivity index (χ1) is 21.1. The molecule has 2 aromatic heterocycles. The lowest BCUT2D eigenvalue weighted by Gasteiger charge is -2.36. The number of anilines is 2. The number of nitrogens with two attached hydrogens (primary N) is 2. The molecule has 2 heterocycles. The molecule has 0 unspecified atom stereocenters. The maximum absolute atomic E-state index is 13.0. The fraction of sp³-hybridized carbons (Fsp3) is 0.406. The third-order valence-electron chi connectivity index (χ3n) is 8.45. The number of nitrogens with one attached hydrogen (secondary N) is 1. The number of aliphatic carboxylic acids is 1. The van der Waals surface area contributed by atoms with Gasteiger partial charge in [0, 0.05) is 18.4 Å². The molecule has 6 rings (SSSR count). The Morgan fingerprint density at radius 2 is 1.84 bits per heavy atom. The summed E-state index contributed by atoms with van der Waals surface area (Å²) >= 11 is 0. The predicted molar refractivity (Wildman–Crippen MR) is 167 cm³/mol. The van der Waals surface area contributed by atoms with E-state index < -0.39 is 11.6 Å². The van der Waals surface area contributed by atoms with Gasteiger partial charge in [-0.1, -0.05) is 36.4 Å². The molecule has 0 saturated heterocycles. The first-order valence-corrected chi connectivity index (χ1v) is 14.8. The van der Waals surface area contributed by atoms with Crippen LogP contribution in [0.1, 0.15) is 63.0 Å². The minimum atomic E-state index is -0.833. The highest BCUT2D eigenvalue weighted by Crippen LogP contribution is 2.48. The molecule has 2 atom stereocenters. The minimum Gasteiger partial charge on any atom is -0.495 e. The molecule has 2 aliphatic carbocycles. The van der Waals surface area contributed by atoms with Crippen molar-refractivity contribution >= 4 is 34.4 Å². The highest BCUT2D eigenvalue weighted by Gasteiger charge is 2.44. The lowest BCUT2D eigenvalue weighted by atomic mass is 9.80. The molecule has 0 radical (unpaired) electrons. The van der Waals surface area contributed by atoms with Gasteiger partial charge in [-0.3, -0.25) is 9.59 Å². The molecule has 44 heavy (non-hydrogen) atoms. The fourth-order valence-electron chi connectivity index (χ4n) is 6.08. The van der Waals surface area contributed by atoms with Crippen molar-refractivity contribution in [2.45, 2.75) is 63.0 Å². The molecule has 2 fully saturated rings. The molecule has 0 bridgehead atoms. The van der Waals surface area contributed by atoms with Crippen molar-refractivity contribution in [2.24, 2.45) is 11.7 Å². The summed E-state index contributed by atoms with van der Waals surface area (Å²) in [6, 6.07) is 15.8. The van der Waals surface area contributed by atoms with E-state index in [-0.39, 0.29) is 23.8 Å². The monoisotopic (exact) mass is 601 g/mol. The summed E-state index contributed by atoms with van der Waals surface area (Å²) in [5.74, 6) is 0.223. The Bertz CT molecular complexity index is 1630. The maximum atomic E-state index is 13.0. The number of aliphatic hydroxyl groups is 1. The zero-order valence-electron chi connectivity index (χ0n) is 24.9. The quantitative estimate of drug-likeness (QED) is 0.196. The van der Waals surface area contributed by atoms with Crippen LogP contribution in [-0.2, 0) is 9.59 Å². The molecule has 232 valence electrons. The second-order valence-corrected chi connectivity index (χ2v) is 11.5. The maximum Gasteiger partial charge on any atom is 0.300 e. The molecule has 2 aliphatic rings. The Balaban J connectivity index is 0.000000906. The third kappa shape index (κ3) is 6.66. The topological polar surface area (TPSA) is 192 Å². The predicted octanol–water partition coefficient (Wildman–Crippen LogP) is 4.11. The van der Waals surface area contributed by atoms with Crippen LogP contribution in [-0.4, -0.2) is 61.1 Å². The first-order valence-electron chi connectivity index (χ1n) is 14.8. The molecule has 2 saturated carbocycles. The first kappa shape index (κ1) is 30.9. The van der Waals surface area contributed by atoms with E-state index in [4.69, 9.17) is 31.2 Å². The summed E-state index contributed by atoms with van der Waals surface area (Å²) in [7, 11) is 1.58. The number of carbonyl (C=O) groups is 2. The Hall–Kier alpha value is -4.55. The number of hydrogen-bond donors (Lipinski definition) is 5. The van der Waals surface area contributed by atoms with Crippen LogP contribution in [0.5, 0.6) is 5.75 Å². The summed E-state index contributed by atoms with van der Waals surface area (Å²) in [6.07, 6.45) is 5.71. The van der Waals surface area contributed by atoms with Crippen molar-refractivity contribution in [1.29, 1.82) is 0 Å². The van der Waals surface area contributed by atoms with E-state index in [2.05, 4.69) is 27.4 Å². The number of carbonyl (C=O) groups excluding carboxylic acids is 1. The van der Waals surface area contributed by atoms with Crippen LogP contribution in [0.15, 0.2) is 54.9 Å². The summed E-state index contributed by atoms with van der Waals surface area (Å²) in [6.45, 7) is 1.55. The van der Waals surface area contributed by atoms with E-state index in [0.717, 1.165) is 31.7 Å². The number of amides is 1. The number of fused-ring (bicyclic) bond motifs is 1. The number of nitrogens with zero attached hydrogens (tertiary/aromatic N) is 4. The van der Waals surface area contributed by atoms with Crippen molar-refractivity contribution in [1.82, 2.24) is 19.7 Å². The largest absolute Gasteiger partial charge is 0.495 e. The lowest BCUT2D eigenvalue weighted by molar-refractivity contribution is -0.134. The number of carboxylic acids is 1. The molecule has 0 aliphatic heterocycles. The van der Waals surface area contributed by atoms with Crippen LogP contribution >= 0.6 is 0 Å². The average molecular weight is 602 g/mol. The highest BCUT2D eigenvalue weighted by atomic mass is 16.5. The van der Waals surface area contributed by atoms with Crippen LogP contribution in [0, 0.1) is 5.92 Å². The number of ether oxygens (including phenoxy) is 1. The molecule has 12 heteroatoms. The second-order valence-electron chi connectivity index (χ2n) is 11.5. The number of hydrogen-bond acceptors (Lipinski definition) is 9. The minimum absolute atomic E-state index is 0.0147. The third-order valence-corrected chi connectivity index (χ3v) is 8.45. The van der Waals surface area contributed by atoms with Crippen molar-refractivity contribution in [3.05, 3.63) is 60.4 Å². The van der Waals surface area contributed by atoms with Gasteiger partial charge < -0.3 is 31.7 Å². The zero-order valence-corrected chi connectivity index (χ0v) is 24.9. The Labute approximate surface area is 255 Å². The van der Waals surface area contributed by atoms with Crippen LogP contribution in [0.3, 0.4) is 0 Å². The van der Waals surface area contributed by atoms with Crippen molar-refractivity contribution in [3.63, 3.8) is 0 Å². The Morgan fingerprint density at radius 1 is 1.14 bits per heavy atom.